The van der Waals surface area contributed by atoms with Crippen LogP contribution in [0, 0.1) is 12.3 Å². The highest BCUT2D eigenvalue weighted by Crippen LogP contribution is 2.12. The lowest BCUT2D eigenvalue weighted by molar-refractivity contribution is -0.128. The minimum absolute atomic E-state index is 0.0266. The van der Waals surface area contributed by atoms with Crippen LogP contribution in [0.5, 0.6) is 0 Å². The van der Waals surface area contributed by atoms with E-state index in [-0.39, 0.29) is 11.3 Å². The largest absolute Gasteiger partial charge is 0.426 e. The summed E-state index contributed by atoms with van der Waals surface area (Å²) in [4.78, 5) is 11.5. The molecule has 5 heteroatoms. The molecule has 0 aliphatic heterocycles. The number of hydrogen-bond donors (Lipinski definition) is 1. The van der Waals surface area contributed by atoms with Crippen LogP contribution in [0.3, 0.4) is 0 Å². The van der Waals surface area contributed by atoms with Crippen LogP contribution >= 0.6 is 0 Å². The van der Waals surface area contributed by atoms with Gasteiger partial charge in [-0.2, -0.15) is 0 Å². The lowest BCUT2D eigenvalue weighted by Gasteiger charge is -2.16. The fourth-order valence-corrected chi connectivity index (χ4v) is 0.987. The van der Waals surface area contributed by atoms with Crippen LogP contribution in [-0.2, 0) is 11.2 Å². The number of rotatable bonds is 3. The first-order valence-electron chi connectivity index (χ1n) is 4.97. The van der Waals surface area contributed by atoms with E-state index in [9.17, 15) is 4.79 Å². The van der Waals surface area contributed by atoms with Crippen LogP contribution < -0.4 is 5.32 Å². The maximum Gasteiger partial charge on any atom is 0.225 e. The van der Waals surface area contributed by atoms with E-state index < -0.39 is 0 Å². The van der Waals surface area contributed by atoms with Crippen molar-refractivity contribution in [3.63, 3.8) is 0 Å². The zero-order chi connectivity index (χ0) is 11.5. The number of amides is 1. The Morgan fingerprint density at radius 1 is 1.40 bits per heavy atom. The third-order valence-electron chi connectivity index (χ3n) is 1.87. The molecule has 0 unspecified atom stereocenters. The predicted molar refractivity (Wildman–Crippen MR) is 55.2 cm³/mol. The van der Waals surface area contributed by atoms with Gasteiger partial charge in [-0.25, -0.2) is 0 Å². The number of aryl methyl sites for hydroxylation is 1. The number of carbonyl (C=O) groups excluding carboxylic acids is 1. The minimum Gasteiger partial charge on any atom is -0.426 e. The van der Waals surface area contributed by atoms with E-state index in [0.717, 1.165) is 0 Å². The van der Waals surface area contributed by atoms with E-state index in [0.29, 0.717) is 24.7 Å². The van der Waals surface area contributed by atoms with Crippen molar-refractivity contribution in [2.75, 3.05) is 6.54 Å². The summed E-state index contributed by atoms with van der Waals surface area (Å²) in [5.41, 5.74) is -0.356. The maximum absolute atomic E-state index is 11.5. The Labute approximate surface area is 89.3 Å². The summed E-state index contributed by atoms with van der Waals surface area (Å²) in [5.74, 6) is 1.13. The van der Waals surface area contributed by atoms with Crippen LogP contribution in [0.15, 0.2) is 4.42 Å². The van der Waals surface area contributed by atoms with Gasteiger partial charge in [-0.05, 0) is 0 Å². The zero-order valence-electron chi connectivity index (χ0n) is 9.63. The first-order chi connectivity index (χ1) is 6.89. The Morgan fingerprint density at radius 3 is 2.53 bits per heavy atom. The van der Waals surface area contributed by atoms with Crippen LogP contribution in [0.2, 0.25) is 0 Å². The van der Waals surface area contributed by atoms with Crippen molar-refractivity contribution in [3.05, 3.63) is 11.8 Å². The molecule has 0 aromatic carbocycles. The molecule has 1 N–H and O–H groups in total. The first kappa shape index (κ1) is 11.7. The SMILES string of the molecule is Cc1nnc(CCNC(=O)C(C)(C)C)o1. The monoisotopic (exact) mass is 211 g/mol. The van der Waals surface area contributed by atoms with E-state index in [1.54, 1.807) is 6.92 Å². The number of aromatic nitrogens is 2. The molecule has 5 nitrogen and oxygen atoms in total. The van der Waals surface area contributed by atoms with Gasteiger partial charge in [-0.1, -0.05) is 20.8 Å². The molecule has 0 bridgehead atoms. The Kier molecular flexibility index (Phi) is 3.44. The molecule has 1 aromatic heterocycles. The quantitative estimate of drug-likeness (QED) is 0.812. The second-order valence-electron chi connectivity index (χ2n) is 4.47. The van der Waals surface area contributed by atoms with Gasteiger partial charge in [0.25, 0.3) is 0 Å². The van der Waals surface area contributed by atoms with E-state index in [1.807, 2.05) is 20.8 Å². The van der Waals surface area contributed by atoms with Gasteiger partial charge in [0.15, 0.2) is 0 Å². The summed E-state index contributed by atoms with van der Waals surface area (Å²) in [5, 5.41) is 10.4. The highest BCUT2D eigenvalue weighted by molar-refractivity contribution is 5.81. The standard InChI is InChI=1S/C10H17N3O2/c1-7-12-13-8(15-7)5-6-11-9(14)10(2,3)4/h5-6H2,1-4H3,(H,11,14). The van der Waals surface area contributed by atoms with E-state index in [2.05, 4.69) is 15.5 Å². The van der Waals surface area contributed by atoms with Gasteiger partial charge in [0.2, 0.25) is 17.7 Å². The van der Waals surface area contributed by atoms with Crippen LogP contribution in [0.4, 0.5) is 0 Å². The highest BCUT2D eigenvalue weighted by Gasteiger charge is 2.20. The highest BCUT2D eigenvalue weighted by atomic mass is 16.4. The Bertz CT molecular complexity index is 339. The molecule has 0 radical (unpaired) electrons. The molecule has 1 heterocycles. The molecule has 0 saturated carbocycles. The molecule has 0 aliphatic carbocycles. The summed E-state index contributed by atoms with van der Waals surface area (Å²) in [6.07, 6.45) is 0.572. The first-order valence-corrected chi connectivity index (χ1v) is 4.97. The van der Waals surface area contributed by atoms with Crippen molar-refractivity contribution in [1.29, 1.82) is 0 Å². The third kappa shape index (κ3) is 3.69. The molecule has 0 atom stereocenters. The lowest BCUT2D eigenvalue weighted by Crippen LogP contribution is -2.35. The van der Waals surface area contributed by atoms with E-state index >= 15 is 0 Å². The maximum atomic E-state index is 11.5. The number of nitrogens with one attached hydrogen (secondary N) is 1. The van der Waals surface area contributed by atoms with Gasteiger partial charge < -0.3 is 9.73 Å². The molecule has 1 rings (SSSR count). The number of nitrogens with zero attached hydrogens (tertiary/aromatic N) is 2. The van der Waals surface area contributed by atoms with Crippen molar-refractivity contribution >= 4 is 5.91 Å². The molecule has 1 aromatic rings. The second-order valence-corrected chi connectivity index (χ2v) is 4.47. The minimum atomic E-state index is -0.356. The van der Waals surface area contributed by atoms with Crippen LogP contribution in [0.25, 0.3) is 0 Å². The summed E-state index contributed by atoms with van der Waals surface area (Å²) in [6.45, 7) is 7.89. The molecule has 0 fully saturated rings. The molecular weight excluding hydrogens is 194 g/mol. The number of carbonyl (C=O) groups is 1. The van der Waals surface area contributed by atoms with E-state index in [4.69, 9.17) is 4.42 Å². The molecule has 15 heavy (non-hydrogen) atoms. The van der Waals surface area contributed by atoms with Crippen molar-refractivity contribution in [1.82, 2.24) is 15.5 Å². The molecule has 0 aliphatic rings. The molecule has 0 saturated heterocycles. The van der Waals surface area contributed by atoms with Crippen LogP contribution in [-0.4, -0.2) is 22.6 Å². The van der Waals surface area contributed by atoms with Gasteiger partial charge in [0, 0.05) is 25.3 Å². The predicted octanol–water partition coefficient (Wildman–Crippen LogP) is 1.08. The zero-order valence-corrected chi connectivity index (χ0v) is 9.63. The summed E-state index contributed by atoms with van der Waals surface area (Å²) in [7, 11) is 0. The topological polar surface area (TPSA) is 68.0 Å². The summed E-state index contributed by atoms with van der Waals surface area (Å²) >= 11 is 0. The second kappa shape index (κ2) is 4.42. The van der Waals surface area contributed by atoms with Crippen molar-refractivity contribution < 1.29 is 9.21 Å². The molecule has 1 amide bonds. The van der Waals surface area contributed by atoms with Crippen molar-refractivity contribution in [3.8, 4) is 0 Å². The van der Waals surface area contributed by atoms with Gasteiger partial charge in [-0.3, -0.25) is 4.79 Å². The van der Waals surface area contributed by atoms with Crippen LogP contribution in [0.1, 0.15) is 32.6 Å². The van der Waals surface area contributed by atoms with Crippen molar-refractivity contribution in [2.45, 2.75) is 34.1 Å². The molecule has 0 spiro atoms. The number of hydrogen-bond acceptors (Lipinski definition) is 4. The molecular formula is C10H17N3O2. The van der Waals surface area contributed by atoms with Gasteiger partial charge in [-0.15, -0.1) is 10.2 Å². The normalized spacial score (nSPS) is 11.5. The molecule has 84 valence electrons. The third-order valence-corrected chi connectivity index (χ3v) is 1.87. The summed E-state index contributed by atoms with van der Waals surface area (Å²) < 4.78 is 5.18. The lowest BCUT2D eigenvalue weighted by atomic mass is 9.96. The average Bonchev–Trinajstić information content (AvgIpc) is 2.49. The van der Waals surface area contributed by atoms with E-state index in [1.165, 1.54) is 0 Å². The Balaban J connectivity index is 2.31. The van der Waals surface area contributed by atoms with Gasteiger partial charge in [0.1, 0.15) is 0 Å². The van der Waals surface area contributed by atoms with Gasteiger partial charge in [0.05, 0.1) is 0 Å². The Morgan fingerprint density at radius 2 is 2.07 bits per heavy atom. The fraction of sp³-hybridized carbons (Fsp3) is 0.700. The summed E-state index contributed by atoms with van der Waals surface area (Å²) in [6, 6.07) is 0. The van der Waals surface area contributed by atoms with Gasteiger partial charge >= 0.3 is 0 Å². The smallest absolute Gasteiger partial charge is 0.225 e. The van der Waals surface area contributed by atoms with Crippen molar-refractivity contribution in [2.24, 2.45) is 5.41 Å². The average molecular weight is 211 g/mol. The Hall–Kier alpha value is -1.39. The fourth-order valence-electron chi connectivity index (χ4n) is 0.987.